The molecule has 0 saturated carbocycles. The topological polar surface area (TPSA) is 68.0 Å². The molecule has 0 aliphatic carbocycles. The van der Waals surface area contributed by atoms with Crippen molar-refractivity contribution >= 4 is 5.91 Å². The van der Waals surface area contributed by atoms with Gasteiger partial charge in [0.05, 0.1) is 0 Å². The molecule has 10 heteroatoms. The normalized spacial score (nSPS) is 12.0. The highest BCUT2D eigenvalue weighted by Gasteiger charge is 2.38. The maximum absolute atomic E-state index is 13.7. The predicted molar refractivity (Wildman–Crippen MR) is 122 cm³/mol. The number of nitrogens with zero attached hydrogens (tertiary/aromatic N) is 2. The second-order valence-corrected chi connectivity index (χ2v) is 8.78. The summed E-state index contributed by atoms with van der Waals surface area (Å²) in [4.78, 5) is 16.1. The van der Waals surface area contributed by atoms with Gasteiger partial charge in [0, 0.05) is 23.1 Å². The minimum absolute atomic E-state index is 0.195. The molecular formula is C26H20F5N3O2. The highest BCUT2D eigenvalue weighted by atomic mass is 19.4. The molecule has 0 saturated heterocycles. The van der Waals surface area contributed by atoms with E-state index in [0.717, 1.165) is 17.7 Å². The molecule has 4 rings (SSSR count). The molecule has 1 heterocycles. The maximum atomic E-state index is 13.7. The zero-order valence-electron chi connectivity index (χ0n) is 19.2. The minimum Gasteiger partial charge on any atom is -0.351 e. The number of halogens is 5. The van der Waals surface area contributed by atoms with Crippen LogP contribution in [0.5, 0.6) is 0 Å². The molecule has 186 valence electrons. The van der Waals surface area contributed by atoms with Crippen LogP contribution in [0.3, 0.4) is 0 Å². The van der Waals surface area contributed by atoms with E-state index in [2.05, 4.69) is 20.0 Å². The first-order valence-corrected chi connectivity index (χ1v) is 10.8. The number of nitrogens with one attached hydrogen (secondary N) is 1. The number of hydrogen-bond acceptors (Lipinski definition) is 4. The van der Waals surface area contributed by atoms with Crippen LogP contribution in [0, 0.1) is 11.6 Å². The summed E-state index contributed by atoms with van der Waals surface area (Å²) in [7, 11) is 0. The fourth-order valence-corrected chi connectivity index (χ4v) is 3.56. The van der Waals surface area contributed by atoms with Crippen LogP contribution in [0.15, 0.2) is 71.3 Å². The third kappa shape index (κ3) is 5.42. The van der Waals surface area contributed by atoms with Crippen molar-refractivity contribution in [2.24, 2.45) is 0 Å². The van der Waals surface area contributed by atoms with E-state index in [-0.39, 0.29) is 23.5 Å². The smallest absolute Gasteiger partial charge is 0.351 e. The molecule has 0 unspecified atom stereocenters. The average Bonchev–Trinajstić information content (AvgIpc) is 3.36. The van der Waals surface area contributed by atoms with E-state index in [0.29, 0.717) is 11.1 Å². The monoisotopic (exact) mass is 501 g/mol. The predicted octanol–water partition coefficient (Wildman–Crippen LogP) is 6.41. The Morgan fingerprint density at radius 3 is 2.28 bits per heavy atom. The van der Waals surface area contributed by atoms with E-state index in [1.807, 2.05) is 26.0 Å². The molecule has 1 amide bonds. The minimum atomic E-state index is -4.77. The molecule has 3 aromatic carbocycles. The molecule has 0 bridgehead atoms. The third-order valence-corrected chi connectivity index (χ3v) is 5.64. The number of hydrogen-bond donors (Lipinski definition) is 1. The highest BCUT2D eigenvalue weighted by Crippen LogP contribution is 2.30. The van der Waals surface area contributed by atoms with E-state index >= 15 is 0 Å². The summed E-state index contributed by atoms with van der Waals surface area (Å²) >= 11 is 0. The lowest BCUT2D eigenvalue weighted by molar-refractivity contribution is -0.159. The van der Waals surface area contributed by atoms with Gasteiger partial charge in [-0.15, -0.1) is 0 Å². The number of aromatic nitrogens is 2. The Hall–Kier alpha value is -4.08. The highest BCUT2D eigenvalue weighted by molar-refractivity contribution is 5.95. The first-order valence-electron chi connectivity index (χ1n) is 10.8. The van der Waals surface area contributed by atoms with Crippen molar-refractivity contribution in [3.05, 3.63) is 95.4 Å². The number of benzene rings is 3. The summed E-state index contributed by atoms with van der Waals surface area (Å²) in [6, 6.07) is 16.8. The van der Waals surface area contributed by atoms with Gasteiger partial charge in [0.25, 0.3) is 5.91 Å². The van der Waals surface area contributed by atoms with Gasteiger partial charge >= 0.3 is 12.1 Å². The van der Waals surface area contributed by atoms with Crippen molar-refractivity contribution in [2.45, 2.75) is 25.4 Å². The molecular weight excluding hydrogens is 481 g/mol. The molecule has 1 aromatic heterocycles. The molecule has 4 aromatic rings. The van der Waals surface area contributed by atoms with Gasteiger partial charge in [-0.05, 0) is 41.0 Å². The number of carbonyl (C=O) groups excluding carboxylic acids is 1. The average molecular weight is 501 g/mol. The van der Waals surface area contributed by atoms with E-state index in [4.69, 9.17) is 0 Å². The van der Waals surface area contributed by atoms with Gasteiger partial charge < -0.3 is 9.84 Å². The summed E-state index contributed by atoms with van der Waals surface area (Å²) in [5, 5.41) is 6.17. The molecule has 0 atom stereocenters. The summed E-state index contributed by atoms with van der Waals surface area (Å²) in [5.41, 5.74) is 1.92. The van der Waals surface area contributed by atoms with Crippen LogP contribution in [0.1, 0.15) is 35.7 Å². The van der Waals surface area contributed by atoms with E-state index < -0.39 is 35.0 Å². The molecule has 1 N–H and O–H groups in total. The van der Waals surface area contributed by atoms with Gasteiger partial charge in [-0.2, -0.15) is 18.2 Å². The Kier molecular flexibility index (Phi) is 6.62. The van der Waals surface area contributed by atoms with Crippen molar-refractivity contribution in [3.63, 3.8) is 0 Å². The molecule has 0 spiro atoms. The Labute approximate surface area is 203 Å². The Morgan fingerprint density at radius 1 is 0.889 bits per heavy atom. The number of alkyl halides is 3. The second kappa shape index (κ2) is 9.52. The van der Waals surface area contributed by atoms with Crippen LogP contribution in [0.25, 0.3) is 22.5 Å². The largest absolute Gasteiger partial charge is 0.471 e. The van der Waals surface area contributed by atoms with Crippen LogP contribution < -0.4 is 5.32 Å². The van der Waals surface area contributed by atoms with Crippen LogP contribution in [-0.2, 0) is 11.6 Å². The zero-order chi connectivity index (χ0) is 26.1. The van der Waals surface area contributed by atoms with E-state index in [1.54, 1.807) is 12.1 Å². The van der Waals surface area contributed by atoms with Crippen LogP contribution in [-0.4, -0.2) is 22.6 Å². The van der Waals surface area contributed by atoms with Crippen molar-refractivity contribution in [1.29, 1.82) is 0 Å². The van der Waals surface area contributed by atoms with E-state index in [1.165, 1.54) is 30.3 Å². The molecule has 0 aliphatic rings. The molecule has 0 aliphatic heterocycles. The number of amides is 1. The van der Waals surface area contributed by atoms with Crippen LogP contribution in [0.4, 0.5) is 22.0 Å². The maximum Gasteiger partial charge on any atom is 0.471 e. The summed E-state index contributed by atoms with van der Waals surface area (Å²) in [5.74, 6) is -4.07. The number of carbonyl (C=O) groups is 1. The van der Waals surface area contributed by atoms with Gasteiger partial charge in [0.15, 0.2) is 11.6 Å². The summed E-state index contributed by atoms with van der Waals surface area (Å²) in [6.45, 7) is 4.04. The molecule has 36 heavy (non-hydrogen) atoms. The molecule has 0 fully saturated rings. The summed E-state index contributed by atoms with van der Waals surface area (Å²) < 4.78 is 69.4. The Bertz CT molecular complexity index is 1410. The van der Waals surface area contributed by atoms with Gasteiger partial charge in [0.1, 0.15) is 0 Å². The SMILES string of the molecule is CC(C)(CNC(=O)c1cccc(-c2noc(C(F)(F)F)n2)c1)c1cccc(-c2ccc(F)c(F)c2)c1. The van der Waals surface area contributed by atoms with Crippen molar-refractivity contribution < 1.29 is 31.3 Å². The van der Waals surface area contributed by atoms with Crippen molar-refractivity contribution in [2.75, 3.05) is 6.54 Å². The van der Waals surface area contributed by atoms with E-state index in [9.17, 15) is 26.7 Å². The molecule has 0 radical (unpaired) electrons. The third-order valence-electron chi connectivity index (χ3n) is 5.64. The Balaban J connectivity index is 1.48. The van der Waals surface area contributed by atoms with Crippen molar-refractivity contribution in [3.8, 4) is 22.5 Å². The fourth-order valence-electron chi connectivity index (χ4n) is 3.56. The van der Waals surface area contributed by atoms with Gasteiger partial charge in [0.2, 0.25) is 5.82 Å². The second-order valence-electron chi connectivity index (χ2n) is 8.78. The summed E-state index contributed by atoms with van der Waals surface area (Å²) in [6.07, 6.45) is -4.77. The van der Waals surface area contributed by atoms with Crippen LogP contribution in [0.2, 0.25) is 0 Å². The lowest BCUT2D eigenvalue weighted by Crippen LogP contribution is -2.36. The first kappa shape index (κ1) is 25.0. The lowest BCUT2D eigenvalue weighted by Gasteiger charge is -2.26. The first-order chi connectivity index (χ1) is 16.9. The standard InChI is InChI=1S/C26H20F5N3O2/c1-25(2,19-8-4-5-15(12-19)16-9-10-20(27)21(28)13-16)14-32-23(35)18-7-3-6-17(11-18)22-33-24(36-34-22)26(29,30)31/h3-13H,14H2,1-2H3,(H,32,35). The lowest BCUT2D eigenvalue weighted by atomic mass is 9.83. The van der Waals surface area contributed by atoms with Gasteiger partial charge in [-0.1, -0.05) is 61.5 Å². The van der Waals surface area contributed by atoms with Gasteiger partial charge in [-0.3, -0.25) is 4.79 Å². The number of rotatable bonds is 6. The van der Waals surface area contributed by atoms with Crippen molar-refractivity contribution in [1.82, 2.24) is 15.5 Å². The van der Waals surface area contributed by atoms with Crippen LogP contribution >= 0.6 is 0 Å². The quantitative estimate of drug-likeness (QED) is 0.310. The fraction of sp³-hybridized carbons (Fsp3) is 0.192. The zero-order valence-corrected chi connectivity index (χ0v) is 19.2. The van der Waals surface area contributed by atoms with Gasteiger partial charge in [-0.25, -0.2) is 8.78 Å². The Morgan fingerprint density at radius 2 is 1.58 bits per heavy atom. The molecule has 5 nitrogen and oxygen atoms in total.